The number of amides is 1. The lowest BCUT2D eigenvalue weighted by Gasteiger charge is -2.53. The number of rotatable bonds is 4. The quantitative estimate of drug-likeness (QED) is 0.792. The number of hydrogen-bond donors (Lipinski definition) is 1. The Morgan fingerprint density at radius 2 is 1.48 bits per heavy atom. The smallest absolute Gasteiger partial charge is 0.310 e. The van der Waals surface area contributed by atoms with E-state index in [1.165, 1.54) is 37.7 Å². The van der Waals surface area contributed by atoms with Crippen LogP contribution < -0.4 is 5.32 Å². The summed E-state index contributed by atoms with van der Waals surface area (Å²) in [6.45, 7) is 7.70. The van der Waals surface area contributed by atoms with Crippen LogP contribution in [0.4, 0.5) is 5.69 Å². The maximum atomic E-state index is 12.9. The molecule has 4 aliphatic rings. The second kappa shape index (κ2) is 6.96. The average Bonchev–Trinajstić information content (AvgIpc) is 2.56. The summed E-state index contributed by atoms with van der Waals surface area (Å²) >= 11 is 0. The van der Waals surface area contributed by atoms with Gasteiger partial charge in [0.25, 0.3) is 5.91 Å². The molecule has 0 radical (unpaired) electrons. The molecule has 4 fully saturated rings. The van der Waals surface area contributed by atoms with Gasteiger partial charge in [-0.25, -0.2) is 0 Å². The summed E-state index contributed by atoms with van der Waals surface area (Å²) in [5, 5.41) is 2.96. The van der Waals surface area contributed by atoms with E-state index in [-0.39, 0.29) is 17.8 Å². The number of carbonyl (C=O) groups excluding carboxylic acids is 2. The number of nitrogens with one attached hydrogen (secondary N) is 1. The highest BCUT2D eigenvalue weighted by molar-refractivity contribution is 5.96. The molecule has 0 unspecified atom stereocenters. The predicted molar refractivity (Wildman–Crippen MR) is 105 cm³/mol. The van der Waals surface area contributed by atoms with Crippen molar-refractivity contribution in [1.29, 1.82) is 0 Å². The van der Waals surface area contributed by atoms with Crippen LogP contribution in [0.1, 0.15) is 55.7 Å². The van der Waals surface area contributed by atoms with Crippen LogP contribution in [0.5, 0.6) is 0 Å². The minimum Gasteiger partial charge on any atom is -0.452 e. The Morgan fingerprint density at radius 3 is 2.00 bits per heavy atom. The van der Waals surface area contributed by atoms with Crippen molar-refractivity contribution in [1.82, 2.24) is 0 Å². The Balaban J connectivity index is 1.39. The molecule has 4 heteroatoms. The monoisotopic (exact) mass is 369 g/mol. The SMILES string of the molecule is Cc1cc(C)c(NC(=O)[C@H](C)OC(=O)C2C3CC4CC(C3)CC2C4)c(C)c1. The van der Waals surface area contributed by atoms with Crippen molar-refractivity contribution in [2.45, 2.75) is 65.9 Å². The highest BCUT2D eigenvalue weighted by atomic mass is 16.5. The molecule has 0 aliphatic heterocycles. The molecule has 0 heterocycles. The summed E-state index contributed by atoms with van der Waals surface area (Å²) < 4.78 is 5.66. The highest BCUT2D eigenvalue weighted by Gasteiger charge is 2.51. The third-order valence-corrected chi connectivity index (χ3v) is 7.09. The van der Waals surface area contributed by atoms with Gasteiger partial charge in [-0.2, -0.15) is 0 Å². The normalized spacial score (nSPS) is 32.2. The van der Waals surface area contributed by atoms with E-state index in [9.17, 15) is 9.59 Å². The first-order valence-electron chi connectivity index (χ1n) is 10.4. The molecule has 4 saturated carbocycles. The van der Waals surface area contributed by atoms with Crippen LogP contribution in [0.15, 0.2) is 12.1 Å². The van der Waals surface area contributed by atoms with E-state index in [1.807, 2.05) is 32.9 Å². The lowest BCUT2D eigenvalue weighted by molar-refractivity contribution is -0.169. The summed E-state index contributed by atoms with van der Waals surface area (Å²) in [6, 6.07) is 4.10. The van der Waals surface area contributed by atoms with Gasteiger partial charge in [-0.15, -0.1) is 0 Å². The van der Waals surface area contributed by atoms with E-state index in [2.05, 4.69) is 5.32 Å². The van der Waals surface area contributed by atoms with Crippen molar-refractivity contribution in [3.05, 3.63) is 28.8 Å². The molecular formula is C23H31NO3. The first kappa shape index (κ1) is 18.5. The molecule has 4 nitrogen and oxygen atoms in total. The van der Waals surface area contributed by atoms with E-state index in [4.69, 9.17) is 4.74 Å². The number of anilines is 1. The zero-order valence-corrected chi connectivity index (χ0v) is 16.9. The van der Waals surface area contributed by atoms with Crippen LogP contribution in [-0.4, -0.2) is 18.0 Å². The van der Waals surface area contributed by atoms with Crippen molar-refractivity contribution in [2.75, 3.05) is 5.32 Å². The predicted octanol–water partition coefficient (Wildman–Crippen LogP) is 4.55. The van der Waals surface area contributed by atoms with Gasteiger partial charge in [-0.3, -0.25) is 9.59 Å². The van der Waals surface area contributed by atoms with Gasteiger partial charge in [-0.1, -0.05) is 17.7 Å². The van der Waals surface area contributed by atoms with Crippen LogP contribution in [0.25, 0.3) is 0 Å². The zero-order chi connectivity index (χ0) is 19.3. The molecule has 1 amide bonds. The van der Waals surface area contributed by atoms with Gasteiger partial charge in [-0.05, 0) is 94.6 Å². The Bertz CT molecular complexity index is 718. The Kier molecular flexibility index (Phi) is 4.77. The standard InChI is InChI=1S/C23H31NO3/c1-12-5-13(2)21(14(3)6-12)24-22(25)15(4)27-23(26)20-18-8-16-7-17(10-18)11-19(20)9-16/h5-6,15-20H,7-11H2,1-4H3,(H,24,25)/t15-,16?,17?,18?,19?,20?/m0/s1. The van der Waals surface area contributed by atoms with Crippen LogP contribution in [-0.2, 0) is 14.3 Å². The molecule has 146 valence electrons. The number of hydrogen-bond acceptors (Lipinski definition) is 3. The molecule has 5 rings (SSSR count). The van der Waals surface area contributed by atoms with Crippen LogP contribution in [0.2, 0.25) is 0 Å². The van der Waals surface area contributed by atoms with Crippen LogP contribution in [0.3, 0.4) is 0 Å². The first-order chi connectivity index (χ1) is 12.8. The van der Waals surface area contributed by atoms with Crippen molar-refractivity contribution >= 4 is 17.6 Å². The summed E-state index contributed by atoms with van der Waals surface area (Å²) in [7, 11) is 0. The van der Waals surface area contributed by atoms with Gasteiger partial charge in [0.05, 0.1) is 5.92 Å². The summed E-state index contributed by atoms with van der Waals surface area (Å²) in [5.74, 6) is 2.22. The molecule has 1 aromatic carbocycles. The number of benzene rings is 1. The summed E-state index contributed by atoms with van der Waals surface area (Å²) in [6.07, 6.45) is 5.30. The molecule has 0 aromatic heterocycles. The van der Waals surface area contributed by atoms with E-state index in [0.29, 0.717) is 11.8 Å². The van der Waals surface area contributed by atoms with E-state index in [1.54, 1.807) is 6.92 Å². The summed E-state index contributed by atoms with van der Waals surface area (Å²) in [4.78, 5) is 25.5. The van der Waals surface area contributed by atoms with Gasteiger partial charge in [0.1, 0.15) is 0 Å². The maximum absolute atomic E-state index is 12.9. The number of ether oxygens (including phenoxy) is 1. The zero-order valence-electron chi connectivity index (χ0n) is 16.9. The second-order valence-corrected chi connectivity index (χ2v) is 9.30. The van der Waals surface area contributed by atoms with Crippen LogP contribution in [0, 0.1) is 50.4 Å². The molecule has 1 aromatic rings. The molecule has 0 spiro atoms. The second-order valence-electron chi connectivity index (χ2n) is 9.30. The number of carbonyl (C=O) groups is 2. The molecule has 4 bridgehead atoms. The third-order valence-electron chi connectivity index (χ3n) is 7.09. The molecule has 0 saturated heterocycles. The van der Waals surface area contributed by atoms with Gasteiger partial charge < -0.3 is 10.1 Å². The fourth-order valence-corrected chi connectivity index (χ4v) is 6.22. The van der Waals surface area contributed by atoms with Crippen molar-refractivity contribution < 1.29 is 14.3 Å². The molecule has 27 heavy (non-hydrogen) atoms. The van der Waals surface area contributed by atoms with Crippen molar-refractivity contribution in [3.63, 3.8) is 0 Å². The molecular weight excluding hydrogens is 338 g/mol. The van der Waals surface area contributed by atoms with E-state index >= 15 is 0 Å². The summed E-state index contributed by atoms with van der Waals surface area (Å²) in [5.41, 5.74) is 4.05. The van der Waals surface area contributed by atoms with Crippen molar-refractivity contribution in [2.24, 2.45) is 29.6 Å². The Labute approximate surface area is 162 Å². The minimum atomic E-state index is -0.769. The topological polar surface area (TPSA) is 55.4 Å². The minimum absolute atomic E-state index is 0.0101. The van der Waals surface area contributed by atoms with Crippen LogP contribution >= 0.6 is 0 Å². The lowest BCUT2D eigenvalue weighted by atomic mass is 9.52. The molecule has 4 aliphatic carbocycles. The fraction of sp³-hybridized carbons (Fsp3) is 0.652. The van der Waals surface area contributed by atoms with Gasteiger partial charge in [0.2, 0.25) is 0 Å². The Hall–Kier alpha value is -1.84. The highest BCUT2D eigenvalue weighted by Crippen LogP contribution is 2.56. The third kappa shape index (κ3) is 3.51. The fourth-order valence-electron chi connectivity index (χ4n) is 6.22. The van der Waals surface area contributed by atoms with Gasteiger partial charge in [0.15, 0.2) is 6.10 Å². The van der Waals surface area contributed by atoms with Gasteiger partial charge >= 0.3 is 5.97 Å². The number of aryl methyl sites for hydroxylation is 3. The lowest BCUT2D eigenvalue weighted by Crippen LogP contribution is -2.49. The van der Waals surface area contributed by atoms with Crippen molar-refractivity contribution in [3.8, 4) is 0 Å². The van der Waals surface area contributed by atoms with Gasteiger partial charge in [0, 0.05) is 5.69 Å². The van der Waals surface area contributed by atoms with E-state index < -0.39 is 6.10 Å². The maximum Gasteiger partial charge on any atom is 0.310 e. The largest absolute Gasteiger partial charge is 0.452 e. The average molecular weight is 370 g/mol. The van der Waals surface area contributed by atoms with E-state index in [0.717, 1.165) is 28.7 Å². The first-order valence-corrected chi connectivity index (χ1v) is 10.4. The molecule has 1 N–H and O–H groups in total. The molecule has 1 atom stereocenters. The number of esters is 1. The Morgan fingerprint density at radius 1 is 0.963 bits per heavy atom.